The zero-order valence-electron chi connectivity index (χ0n) is 19.7. The topological polar surface area (TPSA) is 43.0 Å². The van der Waals surface area contributed by atoms with Gasteiger partial charge < -0.3 is 24.4 Å². The van der Waals surface area contributed by atoms with Gasteiger partial charge in [0.1, 0.15) is 12.4 Å². The van der Waals surface area contributed by atoms with E-state index >= 15 is 0 Å². The number of ether oxygens (including phenoxy) is 3. The van der Waals surface area contributed by atoms with Gasteiger partial charge in [-0.2, -0.15) is 0 Å². The summed E-state index contributed by atoms with van der Waals surface area (Å²) >= 11 is 0. The lowest BCUT2D eigenvalue weighted by Gasteiger charge is -2.29. The third-order valence-corrected chi connectivity index (χ3v) is 5.84. The third kappa shape index (κ3) is 6.14. The summed E-state index contributed by atoms with van der Waals surface area (Å²) < 4.78 is 17.7. The molecule has 5 heteroatoms. The van der Waals surface area contributed by atoms with E-state index in [0.717, 1.165) is 56.5 Å². The highest BCUT2D eigenvalue weighted by molar-refractivity contribution is 5.52. The molecule has 0 saturated carbocycles. The summed E-state index contributed by atoms with van der Waals surface area (Å²) in [7, 11) is 1.72. The first-order valence-corrected chi connectivity index (χ1v) is 11.6. The molecular formula is C26H38N2O3. The van der Waals surface area contributed by atoms with Crippen LogP contribution in [0, 0.1) is 5.92 Å². The van der Waals surface area contributed by atoms with Crippen LogP contribution < -0.4 is 19.5 Å². The Morgan fingerprint density at radius 1 is 1.03 bits per heavy atom. The molecule has 1 aliphatic rings. The highest BCUT2D eigenvalue weighted by Gasteiger charge is 2.24. The minimum Gasteiger partial charge on any atom is -0.493 e. The van der Waals surface area contributed by atoms with Crippen LogP contribution in [-0.2, 0) is 6.42 Å². The molecular weight excluding hydrogens is 388 g/mol. The Hall–Kier alpha value is -2.24. The minimum absolute atomic E-state index is 0.138. The van der Waals surface area contributed by atoms with E-state index < -0.39 is 0 Å². The quantitative estimate of drug-likeness (QED) is 0.565. The third-order valence-electron chi connectivity index (χ3n) is 5.84. The van der Waals surface area contributed by atoms with Crippen molar-refractivity contribution >= 4 is 0 Å². The minimum atomic E-state index is 0.138. The molecule has 0 spiro atoms. The maximum Gasteiger partial charge on any atom is 0.161 e. The number of benzene rings is 2. The van der Waals surface area contributed by atoms with Crippen LogP contribution >= 0.6 is 0 Å². The Bertz CT molecular complexity index is 816. The van der Waals surface area contributed by atoms with Crippen LogP contribution in [0.4, 0.5) is 0 Å². The van der Waals surface area contributed by atoms with E-state index in [2.05, 4.69) is 74.3 Å². The summed E-state index contributed by atoms with van der Waals surface area (Å²) in [5.74, 6) is 3.07. The molecule has 0 aliphatic carbocycles. The van der Waals surface area contributed by atoms with Crippen LogP contribution in [-0.4, -0.2) is 51.4 Å². The van der Waals surface area contributed by atoms with Gasteiger partial charge in [-0.1, -0.05) is 39.8 Å². The molecule has 31 heavy (non-hydrogen) atoms. The molecule has 0 aromatic heterocycles. The van der Waals surface area contributed by atoms with Crippen LogP contribution in [0.5, 0.6) is 17.2 Å². The largest absolute Gasteiger partial charge is 0.493 e. The van der Waals surface area contributed by atoms with E-state index in [1.165, 1.54) is 16.7 Å². The summed E-state index contributed by atoms with van der Waals surface area (Å²) in [6.07, 6.45) is 0.984. The van der Waals surface area contributed by atoms with Crippen LogP contribution in [0.2, 0.25) is 0 Å². The van der Waals surface area contributed by atoms with Gasteiger partial charge in [0.2, 0.25) is 0 Å². The van der Waals surface area contributed by atoms with Gasteiger partial charge >= 0.3 is 0 Å². The van der Waals surface area contributed by atoms with Gasteiger partial charge in [-0.25, -0.2) is 0 Å². The predicted octanol–water partition coefficient (Wildman–Crippen LogP) is 4.69. The van der Waals surface area contributed by atoms with Gasteiger partial charge in [0.05, 0.1) is 19.8 Å². The molecule has 0 amide bonds. The van der Waals surface area contributed by atoms with Crippen LogP contribution in [0.3, 0.4) is 0 Å². The van der Waals surface area contributed by atoms with Gasteiger partial charge in [0, 0.05) is 13.1 Å². The molecule has 2 aromatic carbocycles. The highest BCUT2D eigenvalue weighted by Crippen LogP contribution is 2.38. The van der Waals surface area contributed by atoms with E-state index in [4.69, 9.17) is 14.2 Å². The maximum absolute atomic E-state index is 6.17. The fourth-order valence-corrected chi connectivity index (χ4v) is 3.98. The summed E-state index contributed by atoms with van der Waals surface area (Å²) in [6.45, 7) is 14.0. The SMILES string of the molecule is CCN(CC)CCOc1cc2c(cc1OC)CCNC2c1ccc(OCC(C)C)cc1. The lowest BCUT2D eigenvalue weighted by Crippen LogP contribution is -2.31. The van der Waals surface area contributed by atoms with E-state index in [1.54, 1.807) is 7.11 Å². The van der Waals surface area contributed by atoms with Gasteiger partial charge in [-0.3, -0.25) is 0 Å². The molecule has 1 heterocycles. The van der Waals surface area contributed by atoms with Gasteiger partial charge in [-0.15, -0.1) is 0 Å². The second-order valence-corrected chi connectivity index (χ2v) is 8.49. The zero-order valence-corrected chi connectivity index (χ0v) is 19.7. The van der Waals surface area contributed by atoms with Crippen molar-refractivity contribution in [2.45, 2.75) is 40.2 Å². The molecule has 0 saturated heterocycles. The molecule has 0 fully saturated rings. The number of nitrogens with zero attached hydrogens (tertiary/aromatic N) is 1. The first kappa shape index (κ1) is 23.4. The number of nitrogens with one attached hydrogen (secondary N) is 1. The summed E-state index contributed by atoms with van der Waals surface area (Å²) in [5, 5.41) is 3.67. The molecule has 3 rings (SSSR count). The van der Waals surface area contributed by atoms with Crippen LogP contribution in [0.25, 0.3) is 0 Å². The molecule has 1 unspecified atom stereocenters. The Morgan fingerprint density at radius 3 is 2.42 bits per heavy atom. The molecule has 2 aromatic rings. The smallest absolute Gasteiger partial charge is 0.161 e. The van der Waals surface area contributed by atoms with Crippen molar-refractivity contribution < 1.29 is 14.2 Å². The van der Waals surface area contributed by atoms with Crippen molar-refractivity contribution in [3.05, 3.63) is 53.1 Å². The Kier molecular flexibility index (Phi) is 8.61. The Labute approximate surface area is 187 Å². The number of hydrogen-bond acceptors (Lipinski definition) is 5. The number of fused-ring (bicyclic) bond motifs is 1. The molecule has 0 bridgehead atoms. The van der Waals surface area contributed by atoms with Gasteiger partial charge in [-0.05, 0) is 66.4 Å². The van der Waals surface area contributed by atoms with Crippen molar-refractivity contribution in [2.75, 3.05) is 46.5 Å². The van der Waals surface area contributed by atoms with Gasteiger partial charge in [0.25, 0.3) is 0 Å². The molecule has 170 valence electrons. The Balaban J connectivity index is 1.79. The molecule has 5 nitrogen and oxygen atoms in total. The zero-order chi connectivity index (χ0) is 22.2. The van der Waals surface area contributed by atoms with Crippen molar-refractivity contribution in [3.8, 4) is 17.2 Å². The van der Waals surface area contributed by atoms with Gasteiger partial charge in [0.15, 0.2) is 11.5 Å². The predicted molar refractivity (Wildman–Crippen MR) is 127 cm³/mol. The van der Waals surface area contributed by atoms with Crippen molar-refractivity contribution in [3.63, 3.8) is 0 Å². The van der Waals surface area contributed by atoms with E-state index in [1.807, 2.05) is 0 Å². The lowest BCUT2D eigenvalue weighted by atomic mass is 9.89. The lowest BCUT2D eigenvalue weighted by molar-refractivity contribution is 0.217. The average Bonchev–Trinajstić information content (AvgIpc) is 2.80. The molecule has 0 radical (unpaired) electrons. The molecule has 1 N–H and O–H groups in total. The summed E-state index contributed by atoms with van der Waals surface area (Å²) in [4.78, 5) is 2.36. The first-order chi connectivity index (χ1) is 15.0. The normalized spacial score (nSPS) is 15.8. The number of rotatable bonds is 11. The fourth-order valence-electron chi connectivity index (χ4n) is 3.98. The van der Waals surface area contributed by atoms with E-state index in [0.29, 0.717) is 12.5 Å². The standard InChI is InChI=1S/C26H38N2O3/c1-6-28(7-2)14-15-30-25-17-23-21(16-24(25)29-5)12-13-27-26(23)20-8-10-22(11-9-20)31-18-19(3)4/h8-11,16-17,19,26-27H,6-7,12-15,18H2,1-5H3. The highest BCUT2D eigenvalue weighted by atomic mass is 16.5. The van der Waals surface area contributed by atoms with Crippen molar-refractivity contribution in [1.29, 1.82) is 0 Å². The maximum atomic E-state index is 6.17. The molecule has 1 aliphatic heterocycles. The van der Waals surface area contributed by atoms with E-state index in [9.17, 15) is 0 Å². The van der Waals surface area contributed by atoms with Crippen molar-refractivity contribution in [1.82, 2.24) is 10.2 Å². The summed E-state index contributed by atoms with van der Waals surface area (Å²) in [6, 6.07) is 12.9. The summed E-state index contributed by atoms with van der Waals surface area (Å²) in [5.41, 5.74) is 3.81. The second kappa shape index (κ2) is 11.4. The number of likely N-dealkylation sites (N-methyl/N-ethyl adjacent to an activating group) is 1. The fraction of sp³-hybridized carbons (Fsp3) is 0.538. The monoisotopic (exact) mass is 426 g/mol. The number of methoxy groups -OCH3 is 1. The van der Waals surface area contributed by atoms with E-state index in [-0.39, 0.29) is 6.04 Å². The first-order valence-electron chi connectivity index (χ1n) is 11.6. The molecule has 1 atom stereocenters. The van der Waals surface area contributed by atoms with Crippen LogP contribution in [0.1, 0.15) is 50.4 Å². The Morgan fingerprint density at radius 2 is 1.77 bits per heavy atom. The van der Waals surface area contributed by atoms with Crippen molar-refractivity contribution in [2.24, 2.45) is 5.92 Å². The van der Waals surface area contributed by atoms with Crippen LogP contribution in [0.15, 0.2) is 36.4 Å². The average molecular weight is 427 g/mol. The number of hydrogen-bond donors (Lipinski definition) is 1. The second-order valence-electron chi connectivity index (χ2n) is 8.49.